The summed E-state index contributed by atoms with van der Waals surface area (Å²) in [6.45, 7) is 12.4. The zero-order valence-electron chi connectivity index (χ0n) is 11.6. The van der Waals surface area contributed by atoms with E-state index in [1.807, 2.05) is 10.9 Å². The van der Waals surface area contributed by atoms with Crippen molar-refractivity contribution < 1.29 is 0 Å². The van der Waals surface area contributed by atoms with Gasteiger partial charge in [-0.2, -0.15) is 5.10 Å². The van der Waals surface area contributed by atoms with Gasteiger partial charge in [0.1, 0.15) is 0 Å². The molecule has 0 saturated carbocycles. The van der Waals surface area contributed by atoms with Crippen LogP contribution in [0.5, 0.6) is 0 Å². The van der Waals surface area contributed by atoms with E-state index in [1.165, 1.54) is 5.56 Å². The van der Waals surface area contributed by atoms with Crippen molar-refractivity contribution in [2.45, 2.75) is 40.3 Å². The number of nitrogens with two attached hydrogens (primary N) is 1. The smallest absolute Gasteiger partial charge is 0.0538 e. The zero-order valence-corrected chi connectivity index (χ0v) is 11.6. The van der Waals surface area contributed by atoms with Crippen molar-refractivity contribution in [1.29, 1.82) is 0 Å². The molecule has 17 heavy (non-hydrogen) atoms. The molecule has 1 aromatic heterocycles. The highest BCUT2D eigenvalue weighted by Gasteiger charge is 2.19. The quantitative estimate of drug-likeness (QED) is 0.789. The first kappa shape index (κ1) is 14.2. The molecule has 1 heterocycles. The molecule has 1 atom stereocenters. The average Bonchev–Trinajstić information content (AvgIpc) is 2.76. The Balaban J connectivity index is 2.80. The lowest BCUT2D eigenvalue weighted by atomic mass is 10.1. The molecule has 0 aliphatic carbocycles. The van der Waals surface area contributed by atoms with Gasteiger partial charge in [-0.3, -0.25) is 9.58 Å². The Kier molecular flexibility index (Phi) is 5.65. The van der Waals surface area contributed by atoms with E-state index in [1.54, 1.807) is 0 Å². The third-order valence-electron chi connectivity index (χ3n) is 3.03. The molecule has 0 saturated heterocycles. The Labute approximate surface area is 105 Å². The highest BCUT2D eigenvalue weighted by molar-refractivity contribution is 5.11. The summed E-state index contributed by atoms with van der Waals surface area (Å²) in [6, 6.07) is 0.294. The predicted octanol–water partition coefficient (Wildman–Crippen LogP) is 1.88. The first-order chi connectivity index (χ1) is 8.12. The molecular formula is C13H26N4. The molecule has 1 unspecified atom stereocenters. The lowest BCUT2D eigenvalue weighted by Crippen LogP contribution is -2.36. The number of aromatic nitrogens is 2. The summed E-state index contributed by atoms with van der Waals surface area (Å²) >= 11 is 0. The molecule has 0 amide bonds. The maximum atomic E-state index is 5.93. The van der Waals surface area contributed by atoms with E-state index in [2.05, 4.69) is 43.9 Å². The molecule has 2 N–H and O–H groups in total. The lowest BCUT2D eigenvalue weighted by Gasteiger charge is -2.30. The number of nitrogens with zero attached hydrogens (tertiary/aromatic N) is 3. The largest absolute Gasteiger partial charge is 0.329 e. The molecule has 0 fully saturated rings. The molecule has 0 spiro atoms. The van der Waals surface area contributed by atoms with Crippen molar-refractivity contribution in [3.05, 3.63) is 18.0 Å². The summed E-state index contributed by atoms with van der Waals surface area (Å²) < 4.78 is 1.96. The minimum atomic E-state index is 0.294. The number of hydrogen-bond acceptors (Lipinski definition) is 3. The van der Waals surface area contributed by atoms with Crippen LogP contribution < -0.4 is 5.73 Å². The van der Waals surface area contributed by atoms with Crippen molar-refractivity contribution >= 4 is 0 Å². The minimum Gasteiger partial charge on any atom is -0.329 e. The SMILES string of the molecule is CCN(CC(C)C)C(CN)c1cnn(CC)c1. The van der Waals surface area contributed by atoms with Crippen LogP contribution in [0.4, 0.5) is 0 Å². The molecule has 0 aliphatic heterocycles. The molecular weight excluding hydrogens is 212 g/mol. The van der Waals surface area contributed by atoms with Crippen molar-refractivity contribution in [1.82, 2.24) is 14.7 Å². The van der Waals surface area contributed by atoms with Gasteiger partial charge >= 0.3 is 0 Å². The van der Waals surface area contributed by atoms with Crippen molar-refractivity contribution in [3.63, 3.8) is 0 Å². The summed E-state index contributed by atoms with van der Waals surface area (Å²) in [5.74, 6) is 0.658. The van der Waals surface area contributed by atoms with Gasteiger partial charge in [-0.15, -0.1) is 0 Å². The minimum absolute atomic E-state index is 0.294. The fraction of sp³-hybridized carbons (Fsp3) is 0.769. The lowest BCUT2D eigenvalue weighted by molar-refractivity contribution is 0.189. The molecule has 1 rings (SSSR count). The Hall–Kier alpha value is -0.870. The number of likely N-dealkylation sites (N-methyl/N-ethyl adjacent to an activating group) is 1. The average molecular weight is 238 g/mol. The van der Waals surface area contributed by atoms with Gasteiger partial charge < -0.3 is 5.73 Å². The highest BCUT2D eigenvalue weighted by Crippen LogP contribution is 2.20. The maximum Gasteiger partial charge on any atom is 0.0538 e. The second-order valence-corrected chi connectivity index (χ2v) is 4.86. The van der Waals surface area contributed by atoms with Crippen LogP contribution in [0.1, 0.15) is 39.3 Å². The number of rotatable bonds is 7. The van der Waals surface area contributed by atoms with E-state index in [0.717, 1.165) is 19.6 Å². The Morgan fingerprint density at radius 2 is 2.12 bits per heavy atom. The van der Waals surface area contributed by atoms with Gasteiger partial charge in [0.05, 0.1) is 12.2 Å². The molecule has 1 aromatic rings. The molecule has 0 bridgehead atoms. The molecule has 0 radical (unpaired) electrons. The monoisotopic (exact) mass is 238 g/mol. The summed E-state index contributed by atoms with van der Waals surface area (Å²) in [7, 11) is 0. The van der Waals surface area contributed by atoms with Crippen LogP contribution in [0.15, 0.2) is 12.4 Å². The first-order valence-corrected chi connectivity index (χ1v) is 6.58. The van der Waals surface area contributed by atoms with Crippen molar-refractivity contribution in [3.8, 4) is 0 Å². The van der Waals surface area contributed by atoms with E-state index < -0.39 is 0 Å². The van der Waals surface area contributed by atoms with Crippen LogP contribution in [0.25, 0.3) is 0 Å². The van der Waals surface area contributed by atoms with Gasteiger partial charge in [0, 0.05) is 31.4 Å². The van der Waals surface area contributed by atoms with Crippen LogP contribution in [0.3, 0.4) is 0 Å². The van der Waals surface area contributed by atoms with Crippen molar-refractivity contribution in [2.75, 3.05) is 19.6 Å². The molecule has 4 heteroatoms. The van der Waals surface area contributed by atoms with E-state index in [-0.39, 0.29) is 0 Å². The second-order valence-electron chi connectivity index (χ2n) is 4.86. The molecule has 4 nitrogen and oxygen atoms in total. The van der Waals surface area contributed by atoms with Gasteiger partial charge in [-0.1, -0.05) is 20.8 Å². The van der Waals surface area contributed by atoms with Gasteiger partial charge in [0.25, 0.3) is 0 Å². The summed E-state index contributed by atoms with van der Waals surface area (Å²) in [6.07, 6.45) is 4.06. The number of aryl methyl sites for hydroxylation is 1. The van der Waals surface area contributed by atoms with E-state index in [9.17, 15) is 0 Å². The van der Waals surface area contributed by atoms with E-state index in [0.29, 0.717) is 18.5 Å². The standard InChI is InChI=1S/C13H26N4/c1-5-16(9-11(3)4)13(7-14)12-8-15-17(6-2)10-12/h8,10-11,13H,5-7,9,14H2,1-4H3. The van der Waals surface area contributed by atoms with Crippen LogP contribution in [0.2, 0.25) is 0 Å². The van der Waals surface area contributed by atoms with Gasteiger partial charge in [0.2, 0.25) is 0 Å². The van der Waals surface area contributed by atoms with Crippen LogP contribution in [0, 0.1) is 5.92 Å². The summed E-state index contributed by atoms with van der Waals surface area (Å²) in [5.41, 5.74) is 7.16. The number of hydrogen-bond donors (Lipinski definition) is 1. The third kappa shape index (κ3) is 3.82. The highest BCUT2D eigenvalue weighted by atomic mass is 15.3. The van der Waals surface area contributed by atoms with Gasteiger partial charge in [-0.05, 0) is 19.4 Å². The Morgan fingerprint density at radius 1 is 1.41 bits per heavy atom. The van der Waals surface area contributed by atoms with E-state index >= 15 is 0 Å². The Bertz CT molecular complexity index is 319. The van der Waals surface area contributed by atoms with Crippen LogP contribution in [-0.4, -0.2) is 34.3 Å². The fourth-order valence-electron chi connectivity index (χ4n) is 2.17. The normalized spacial score (nSPS) is 13.6. The second kappa shape index (κ2) is 6.77. The van der Waals surface area contributed by atoms with Crippen LogP contribution in [-0.2, 0) is 6.54 Å². The predicted molar refractivity (Wildman–Crippen MR) is 71.8 cm³/mol. The van der Waals surface area contributed by atoms with Gasteiger partial charge in [0.15, 0.2) is 0 Å². The summed E-state index contributed by atoms with van der Waals surface area (Å²) in [4.78, 5) is 2.43. The van der Waals surface area contributed by atoms with E-state index in [4.69, 9.17) is 5.73 Å². The fourth-order valence-corrected chi connectivity index (χ4v) is 2.17. The van der Waals surface area contributed by atoms with Crippen molar-refractivity contribution in [2.24, 2.45) is 11.7 Å². The molecule has 0 aliphatic rings. The summed E-state index contributed by atoms with van der Waals surface area (Å²) in [5, 5.41) is 4.33. The molecule has 0 aromatic carbocycles. The first-order valence-electron chi connectivity index (χ1n) is 6.58. The van der Waals surface area contributed by atoms with Crippen LogP contribution >= 0.6 is 0 Å². The Morgan fingerprint density at radius 3 is 2.53 bits per heavy atom. The third-order valence-corrected chi connectivity index (χ3v) is 3.03. The maximum absolute atomic E-state index is 5.93. The zero-order chi connectivity index (χ0) is 12.8. The molecule has 98 valence electrons. The topological polar surface area (TPSA) is 47.1 Å². The van der Waals surface area contributed by atoms with Gasteiger partial charge in [-0.25, -0.2) is 0 Å².